The molecule has 0 aliphatic heterocycles. The van der Waals surface area contributed by atoms with Crippen molar-refractivity contribution in [2.75, 3.05) is 0 Å². The first kappa shape index (κ1) is 15.8. The highest BCUT2D eigenvalue weighted by Crippen LogP contribution is 2.31. The smallest absolute Gasteiger partial charge is 0.336 e. The van der Waals surface area contributed by atoms with E-state index in [1.54, 1.807) is 6.07 Å². The van der Waals surface area contributed by atoms with Crippen LogP contribution in [0.15, 0.2) is 27.4 Å². The van der Waals surface area contributed by atoms with Crippen molar-refractivity contribution >= 4 is 16.8 Å². The second kappa shape index (κ2) is 6.57. The lowest BCUT2D eigenvalue weighted by Gasteiger charge is -2.23. The van der Waals surface area contributed by atoms with Crippen LogP contribution in [0.5, 0.6) is 5.75 Å². The van der Waals surface area contributed by atoms with E-state index in [1.807, 2.05) is 19.1 Å². The average Bonchev–Trinajstić information content (AvgIpc) is 2.53. The normalized spacial score (nSPS) is 18.3. The van der Waals surface area contributed by atoms with Crippen molar-refractivity contribution < 1.29 is 13.9 Å². The lowest BCUT2D eigenvalue weighted by atomic mass is 9.96. The lowest BCUT2D eigenvalue weighted by Crippen LogP contribution is -2.30. The SMILES string of the molecule is CCCc1cc(=O)oc2c(C)c(OC3CCCCC3=O)ccc12. The molecule has 0 amide bonds. The van der Waals surface area contributed by atoms with Gasteiger partial charge in [0.15, 0.2) is 11.9 Å². The standard InChI is InChI=1S/C19H22O4/c1-3-6-13-11-18(21)23-19-12(2)16(10-9-14(13)19)22-17-8-5-4-7-15(17)20/h9-11,17H,3-8H2,1-2H3. The Bertz CT molecular complexity index is 788. The molecule has 1 atom stereocenters. The monoisotopic (exact) mass is 314 g/mol. The highest BCUT2D eigenvalue weighted by atomic mass is 16.5. The molecule has 1 heterocycles. The summed E-state index contributed by atoms with van der Waals surface area (Å²) in [6.45, 7) is 3.96. The predicted octanol–water partition coefficient (Wildman–Crippen LogP) is 3.94. The number of fused-ring (bicyclic) bond motifs is 1. The van der Waals surface area contributed by atoms with Crippen molar-refractivity contribution in [3.63, 3.8) is 0 Å². The average molecular weight is 314 g/mol. The van der Waals surface area contributed by atoms with Crippen LogP contribution >= 0.6 is 0 Å². The molecular weight excluding hydrogens is 292 g/mol. The molecule has 0 bridgehead atoms. The van der Waals surface area contributed by atoms with Crippen LogP contribution in [0, 0.1) is 6.92 Å². The van der Waals surface area contributed by atoms with Gasteiger partial charge in [-0.05, 0) is 50.3 Å². The van der Waals surface area contributed by atoms with Gasteiger partial charge in [0.2, 0.25) is 0 Å². The van der Waals surface area contributed by atoms with Crippen molar-refractivity contribution in [1.29, 1.82) is 0 Å². The molecule has 1 aromatic heterocycles. The van der Waals surface area contributed by atoms with E-state index < -0.39 is 0 Å². The van der Waals surface area contributed by atoms with Gasteiger partial charge in [-0.25, -0.2) is 4.79 Å². The Morgan fingerprint density at radius 1 is 1.26 bits per heavy atom. The van der Waals surface area contributed by atoms with Crippen LogP contribution in [0.4, 0.5) is 0 Å². The number of hydrogen-bond acceptors (Lipinski definition) is 4. The van der Waals surface area contributed by atoms with E-state index in [2.05, 4.69) is 6.92 Å². The minimum atomic E-state index is -0.370. The molecule has 2 aromatic rings. The van der Waals surface area contributed by atoms with Crippen molar-refractivity contribution in [2.24, 2.45) is 0 Å². The van der Waals surface area contributed by atoms with Gasteiger partial charge in [0, 0.05) is 23.4 Å². The fourth-order valence-electron chi connectivity index (χ4n) is 3.24. The molecule has 1 aliphatic rings. The van der Waals surface area contributed by atoms with Gasteiger partial charge in [-0.3, -0.25) is 4.79 Å². The maximum absolute atomic E-state index is 12.0. The zero-order valence-electron chi connectivity index (χ0n) is 13.7. The minimum Gasteiger partial charge on any atom is -0.482 e. The molecule has 0 spiro atoms. The zero-order valence-corrected chi connectivity index (χ0v) is 13.7. The van der Waals surface area contributed by atoms with Crippen LogP contribution < -0.4 is 10.4 Å². The molecule has 1 saturated carbocycles. The summed E-state index contributed by atoms with van der Waals surface area (Å²) in [5, 5.41) is 0.950. The lowest BCUT2D eigenvalue weighted by molar-refractivity contribution is -0.127. The summed E-state index contributed by atoms with van der Waals surface area (Å²) in [5.74, 6) is 0.798. The number of Topliss-reactive ketones (excluding diaryl/α,β-unsaturated/α-hetero) is 1. The van der Waals surface area contributed by atoms with E-state index >= 15 is 0 Å². The van der Waals surface area contributed by atoms with E-state index in [9.17, 15) is 9.59 Å². The van der Waals surface area contributed by atoms with Gasteiger partial charge >= 0.3 is 5.63 Å². The van der Waals surface area contributed by atoms with Crippen molar-refractivity contribution in [1.82, 2.24) is 0 Å². The topological polar surface area (TPSA) is 56.5 Å². The Balaban J connectivity index is 2.01. The van der Waals surface area contributed by atoms with E-state index in [-0.39, 0.29) is 17.5 Å². The number of hydrogen-bond donors (Lipinski definition) is 0. The Morgan fingerprint density at radius 2 is 2.09 bits per heavy atom. The highest BCUT2D eigenvalue weighted by Gasteiger charge is 2.25. The van der Waals surface area contributed by atoms with Gasteiger partial charge in [-0.15, -0.1) is 0 Å². The van der Waals surface area contributed by atoms with Crippen LogP contribution in [0.1, 0.15) is 50.2 Å². The van der Waals surface area contributed by atoms with Crippen LogP contribution in [0.3, 0.4) is 0 Å². The second-order valence-corrected chi connectivity index (χ2v) is 6.22. The minimum absolute atomic E-state index is 0.164. The molecule has 1 aliphatic carbocycles. The molecule has 1 fully saturated rings. The van der Waals surface area contributed by atoms with Crippen molar-refractivity contribution in [2.45, 2.75) is 58.5 Å². The first-order valence-corrected chi connectivity index (χ1v) is 8.36. The Labute approximate surface area is 135 Å². The predicted molar refractivity (Wildman–Crippen MR) is 89.1 cm³/mol. The molecule has 3 rings (SSSR count). The van der Waals surface area contributed by atoms with E-state index in [0.717, 1.165) is 48.6 Å². The summed E-state index contributed by atoms with van der Waals surface area (Å²) in [7, 11) is 0. The van der Waals surface area contributed by atoms with Crippen LogP contribution in [0.2, 0.25) is 0 Å². The number of benzene rings is 1. The molecule has 23 heavy (non-hydrogen) atoms. The number of aryl methyl sites for hydroxylation is 2. The number of rotatable bonds is 4. The molecular formula is C19H22O4. The summed E-state index contributed by atoms with van der Waals surface area (Å²) >= 11 is 0. The molecule has 122 valence electrons. The third kappa shape index (κ3) is 3.16. The molecule has 1 unspecified atom stereocenters. The third-order valence-corrected chi connectivity index (χ3v) is 4.48. The molecule has 4 nitrogen and oxygen atoms in total. The first-order valence-electron chi connectivity index (χ1n) is 8.36. The number of ketones is 1. The van der Waals surface area contributed by atoms with Gasteiger partial charge in [0.1, 0.15) is 11.3 Å². The number of ether oxygens (including phenoxy) is 1. The molecule has 0 saturated heterocycles. The van der Waals surface area contributed by atoms with Gasteiger partial charge in [0.05, 0.1) is 0 Å². The Hall–Kier alpha value is -2.10. The maximum atomic E-state index is 12.0. The van der Waals surface area contributed by atoms with Crippen LogP contribution in [0.25, 0.3) is 11.0 Å². The second-order valence-electron chi connectivity index (χ2n) is 6.22. The Kier molecular flexibility index (Phi) is 4.51. The maximum Gasteiger partial charge on any atom is 0.336 e. The zero-order chi connectivity index (χ0) is 16.4. The molecule has 1 aromatic carbocycles. The molecule has 0 N–H and O–H groups in total. The van der Waals surface area contributed by atoms with Crippen LogP contribution in [-0.2, 0) is 11.2 Å². The fraction of sp³-hybridized carbons (Fsp3) is 0.474. The largest absolute Gasteiger partial charge is 0.482 e. The van der Waals surface area contributed by atoms with Crippen molar-refractivity contribution in [3.05, 3.63) is 39.7 Å². The summed E-state index contributed by atoms with van der Waals surface area (Å²) < 4.78 is 11.4. The summed E-state index contributed by atoms with van der Waals surface area (Å²) in [5.41, 5.74) is 2.02. The summed E-state index contributed by atoms with van der Waals surface area (Å²) in [6, 6.07) is 5.38. The molecule has 0 radical (unpaired) electrons. The van der Waals surface area contributed by atoms with Gasteiger partial charge in [-0.1, -0.05) is 13.3 Å². The number of carbonyl (C=O) groups is 1. The fourth-order valence-corrected chi connectivity index (χ4v) is 3.24. The highest BCUT2D eigenvalue weighted by molar-refractivity contribution is 5.86. The van der Waals surface area contributed by atoms with Crippen molar-refractivity contribution in [3.8, 4) is 5.75 Å². The number of carbonyl (C=O) groups excluding carboxylic acids is 1. The first-order chi connectivity index (χ1) is 11.1. The van der Waals surface area contributed by atoms with Gasteiger partial charge < -0.3 is 9.15 Å². The van der Waals surface area contributed by atoms with E-state index in [1.165, 1.54) is 0 Å². The van der Waals surface area contributed by atoms with Crippen LogP contribution in [-0.4, -0.2) is 11.9 Å². The summed E-state index contributed by atoms with van der Waals surface area (Å²) in [6.07, 6.45) is 4.74. The van der Waals surface area contributed by atoms with Gasteiger partial charge in [0.25, 0.3) is 0 Å². The van der Waals surface area contributed by atoms with E-state index in [0.29, 0.717) is 17.8 Å². The quantitative estimate of drug-likeness (QED) is 0.802. The summed E-state index contributed by atoms with van der Waals surface area (Å²) in [4.78, 5) is 23.8. The van der Waals surface area contributed by atoms with E-state index in [4.69, 9.17) is 9.15 Å². The molecule has 4 heteroatoms. The van der Waals surface area contributed by atoms with Gasteiger partial charge in [-0.2, -0.15) is 0 Å². The third-order valence-electron chi connectivity index (χ3n) is 4.48. The Morgan fingerprint density at radius 3 is 2.83 bits per heavy atom.